The van der Waals surface area contributed by atoms with Crippen molar-refractivity contribution >= 4 is 49.9 Å². The molecule has 2 N–H and O–H groups in total. The van der Waals surface area contributed by atoms with Crippen LogP contribution in [0.5, 0.6) is 5.75 Å². The molecule has 0 bridgehead atoms. The minimum atomic E-state index is -1.03. The van der Waals surface area contributed by atoms with Crippen LogP contribution in [0.3, 0.4) is 0 Å². The Hall–Kier alpha value is -3.38. The standard InChI is InChI=1S/C15H15NO5.C7H5Br2NO3.CH4/c1-19-14(17)13(12-8-5-9-20-12)16-15(18)21-10-11-6-3-2-4-7-11;1-13-7(12)5-6(11)3(8)2-4(9)10-5;/h2-9,13H,10H2,1H3,(H,16,18);2,11H,1H3;1H4. The highest BCUT2D eigenvalue weighted by Gasteiger charge is 2.26. The van der Waals surface area contributed by atoms with Gasteiger partial charge < -0.3 is 29.1 Å². The molecule has 0 aliphatic rings. The third kappa shape index (κ3) is 9.06. The maximum atomic E-state index is 11.8. The van der Waals surface area contributed by atoms with Gasteiger partial charge in [0.2, 0.25) is 0 Å². The molecule has 0 radical (unpaired) electrons. The number of aromatic hydroxyl groups is 1. The van der Waals surface area contributed by atoms with Crippen LogP contribution in [-0.4, -0.2) is 42.3 Å². The molecule has 0 spiro atoms. The van der Waals surface area contributed by atoms with Crippen LogP contribution in [0.2, 0.25) is 0 Å². The first-order chi connectivity index (χ1) is 16.3. The van der Waals surface area contributed by atoms with Crippen molar-refractivity contribution in [2.75, 3.05) is 14.2 Å². The third-order valence-corrected chi connectivity index (χ3v) is 5.04. The minimum absolute atomic E-state index is 0. The predicted molar refractivity (Wildman–Crippen MR) is 133 cm³/mol. The Balaban J connectivity index is 0.000000378. The number of nitrogens with one attached hydrogen (secondary N) is 1. The summed E-state index contributed by atoms with van der Waals surface area (Å²) in [6.45, 7) is 0.110. The van der Waals surface area contributed by atoms with Crippen molar-refractivity contribution in [2.45, 2.75) is 20.1 Å². The Bertz CT molecular complexity index is 1110. The summed E-state index contributed by atoms with van der Waals surface area (Å²) in [5.41, 5.74) is 0.726. The van der Waals surface area contributed by atoms with Gasteiger partial charge in [-0.05, 0) is 55.6 Å². The number of nitrogens with zero attached hydrogens (tertiary/aromatic N) is 1. The number of rotatable bonds is 6. The summed E-state index contributed by atoms with van der Waals surface area (Å²) in [6.07, 6.45) is 0.674. The SMILES string of the molecule is C.COC(=O)C(NC(=O)OCc1ccccc1)c1ccco1.COC(=O)c1nc(Br)cc(Br)c1O. The monoisotopic (exact) mass is 614 g/mol. The van der Waals surface area contributed by atoms with E-state index in [1.165, 1.54) is 26.5 Å². The van der Waals surface area contributed by atoms with E-state index in [1.807, 2.05) is 30.3 Å². The van der Waals surface area contributed by atoms with E-state index < -0.39 is 24.1 Å². The van der Waals surface area contributed by atoms with Crippen LogP contribution in [0.4, 0.5) is 4.79 Å². The quantitative estimate of drug-likeness (QED) is 0.219. The number of alkyl carbamates (subject to hydrolysis) is 1. The Kier molecular flexibility index (Phi) is 12.5. The molecule has 2 aromatic heterocycles. The lowest BCUT2D eigenvalue weighted by Gasteiger charge is -2.14. The van der Waals surface area contributed by atoms with Gasteiger partial charge in [-0.2, -0.15) is 0 Å². The number of carbonyl (C=O) groups is 3. The van der Waals surface area contributed by atoms with Crippen LogP contribution in [0, 0.1) is 0 Å². The minimum Gasteiger partial charge on any atom is -0.504 e. The number of ether oxygens (including phenoxy) is 3. The summed E-state index contributed by atoms with van der Waals surface area (Å²) in [6, 6.07) is 12.9. The molecule has 0 aliphatic heterocycles. The normalized spacial score (nSPS) is 10.5. The van der Waals surface area contributed by atoms with Crippen LogP contribution < -0.4 is 5.32 Å². The fourth-order valence-electron chi connectivity index (χ4n) is 2.42. The molecule has 1 amide bonds. The van der Waals surface area contributed by atoms with Gasteiger partial charge in [-0.3, -0.25) is 0 Å². The molecular formula is C23H24Br2N2O8. The molecule has 3 rings (SSSR count). The van der Waals surface area contributed by atoms with Gasteiger partial charge >= 0.3 is 18.0 Å². The van der Waals surface area contributed by atoms with Crippen LogP contribution in [0.1, 0.15) is 35.3 Å². The zero-order valence-corrected chi connectivity index (χ0v) is 21.2. The van der Waals surface area contributed by atoms with E-state index in [9.17, 15) is 19.5 Å². The molecule has 0 aliphatic carbocycles. The molecule has 3 aromatic rings. The predicted octanol–water partition coefficient (Wildman–Crippen LogP) is 5.16. The highest BCUT2D eigenvalue weighted by atomic mass is 79.9. The van der Waals surface area contributed by atoms with Gasteiger partial charge in [0.15, 0.2) is 17.5 Å². The van der Waals surface area contributed by atoms with E-state index >= 15 is 0 Å². The number of esters is 2. The summed E-state index contributed by atoms with van der Waals surface area (Å²) < 4.78 is 20.0. The van der Waals surface area contributed by atoms with Crippen molar-refractivity contribution in [1.82, 2.24) is 10.3 Å². The second kappa shape index (κ2) is 14.8. The van der Waals surface area contributed by atoms with Gasteiger partial charge in [-0.15, -0.1) is 0 Å². The van der Waals surface area contributed by atoms with Crippen molar-refractivity contribution < 1.29 is 38.1 Å². The largest absolute Gasteiger partial charge is 0.504 e. The maximum absolute atomic E-state index is 11.8. The lowest BCUT2D eigenvalue weighted by molar-refractivity contribution is -0.143. The number of halogens is 2. The number of benzene rings is 1. The fraction of sp³-hybridized carbons (Fsp3) is 0.217. The first kappa shape index (κ1) is 29.7. The summed E-state index contributed by atoms with van der Waals surface area (Å²) >= 11 is 6.15. The first-order valence-electron chi connectivity index (χ1n) is 9.48. The molecule has 35 heavy (non-hydrogen) atoms. The third-order valence-electron chi connectivity index (χ3n) is 4.03. The molecule has 0 saturated carbocycles. The molecular weight excluding hydrogens is 592 g/mol. The molecule has 2 heterocycles. The summed E-state index contributed by atoms with van der Waals surface area (Å²) in [5, 5.41) is 11.8. The highest BCUT2D eigenvalue weighted by Crippen LogP contribution is 2.29. The summed E-state index contributed by atoms with van der Waals surface area (Å²) in [7, 11) is 2.45. The molecule has 0 fully saturated rings. The van der Waals surface area contributed by atoms with E-state index in [-0.39, 0.29) is 31.2 Å². The van der Waals surface area contributed by atoms with Crippen LogP contribution in [-0.2, 0) is 25.6 Å². The average molecular weight is 616 g/mol. The Labute approximate surface area is 218 Å². The Morgan fingerprint density at radius 3 is 2.34 bits per heavy atom. The molecule has 12 heteroatoms. The van der Waals surface area contributed by atoms with E-state index in [0.29, 0.717) is 9.08 Å². The summed E-state index contributed by atoms with van der Waals surface area (Å²) in [5.74, 6) is -1.27. The number of amides is 1. The Morgan fingerprint density at radius 2 is 1.77 bits per heavy atom. The van der Waals surface area contributed by atoms with Gasteiger partial charge in [0.1, 0.15) is 17.0 Å². The van der Waals surface area contributed by atoms with Crippen molar-refractivity contribution in [3.8, 4) is 5.75 Å². The maximum Gasteiger partial charge on any atom is 0.408 e. The average Bonchev–Trinajstić information content (AvgIpc) is 3.38. The molecule has 10 nitrogen and oxygen atoms in total. The van der Waals surface area contributed by atoms with Crippen molar-refractivity contribution in [2.24, 2.45) is 0 Å². The van der Waals surface area contributed by atoms with E-state index in [0.717, 1.165) is 5.56 Å². The molecule has 1 aromatic carbocycles. The van der Waals surface area contributed by atoms with Gasteiger partial charge in [-0.25, -0.2) is 19.4 Å². The number of carbonyl (C=O) groups excluding carboxylic acids is 3. The smallest absolute Gasteiger partial charge is 0.408 e. The lowest BCUT2D eigenvalue weighted by Crippen LogP contribution is -2.34. The van der Waals surface area contributed by atoms with Gasteiger partial charge in [-0.1, -0.05) is 37.8 Å². The lowest BCUT2D eigenvalue weighted by atomic mass is 10.2. The number of hydrogen-bond acceptors (Lipinski definition) is 9. The topological polar surface area (TPSA) is 137 Å². The van der Waals surface area contributed by atoms with Crippen molar-refractivity contribution in [3.63, 3.8) is 0 Å². The van der Waals surface area contributed by atoms with Crippen LogP contribution in [0.25, 0.3) is 0 Å². The zero-order valence-electron chi connectivity index (χ0n) is 18.0. The van der Waals surface area contributed by atoms with E-state index in [1.54, 1.807) is 12.1 Å². The van der Waals surface area contributed by atoms with E-state index in [4.69, 9.17) is 9.15 Å². The number of furan rings is 1. The second-order valence-electron chi connectivity index (χ2n) is 6.29. The molecule has 188 valence electrons. The Morgan fingerprint density at radius 1 is 1.09 bits per heavy atom. The second-order valence-corrected chi connectivity index (χ2v) is 7.96. The highest BCUT2D eigenvalue weighted by molar-refractivity contribution is 9.11. The first-order valence-corrected chi connectivity index (χ1v) is 11.1. The van der Waals surface area contributed by atoms with Crippen LogP contribution in [0.15, 0.2) is 68.3 Å². The van der Waals surface area contributed by atoms with Crippen LogP contribution >= 0.6 is 31.9 Å². The number of hydrogen-bond donors (Lipinski definition) is 2. The number of methoxy groups -OCH3 is 2. The zero-order chi connectivity index (χ0) is 25.1. The number of aromatic nitrogens is 1. The molecule has 1 unspecified atom stereocenters. The molecule has 0 saturated heterocycles. The van der Waals surface area contributed by atoms with Gasteiger partial charge in [0, 0.05) is 0 Å². The fourth-order valence-corrected chi connectivity index (χ4v) is 3.54. The van der Waals surface area contributed by atoms with Crippen molar-refractivity contribution in [3.05, 3.63) is 80.9 Å². The van der Waals surface area contributed by atoms with E-state index in [2.05, 4.69) is 51.6 Å². The van der Waals surface area contributed by atoms with Crippen molar-refractivity contribution in [1.29, 1.82) is 0 Å². The van der Waals surface area contributed by atoms with Gasteiger partial charge in [0.25, 0.3) is 0 Å². The summed E-state index contributed by atoms with van der Waals surface area (Å²) in [4.78, 5) is 38.2. The molecule has 1 atom stereocenters. The number of pyridine rings is 1. The van der Waals surface area contributed by atoms with Gasteiger partial charge in [0.05, 0.1) is 25.0 Å².